The maximum absolute atomic E-state index is 13.2. The largest absolute Gasteiger partial charge is 0.310 e. The first-order valence-corrected chi connectivity index (χ1v) is 7.72. The van der Waals surface area contributed by atoms with Crippen LogP contribution in [0, 0.1) is 12.7 Å². The first-order chi connectivity index (χ1) is 10.1. The van der Waals surface area contributed by atoms with Crippen LogP contribution in [0.2, 0.25) is 5.02 Å². The lowest BCUT2D eigenvalue weighted by molar-refractivity contribution is 0.528. The summed E-state index contributed by atoms with van der Waals surface area (Å²) in [5.74, 6) is -0.294. The second-order valence-corrected chi connectivity index (χ2v) is 5.77. The van der Waals surface area contributed by atoms with Gasteiger partial charge in [-0.25, -0.2) is 4.39 Å². The second-order valence-electron chi connectivity index (χ2n) is 5.36. The molecular formula is C18H21ClFN. The molecule has 0 aromatic heterocycles. The molecule has 112 valence electrons. The van der Waals surface area contributed by atoms with Crippen LogP contribution in [0.25, 0.3) is 0 Å². The topological polar surface area (TPSA) is 12.0 Å². The summed E-state index contributed by atoms with van der Waals surface area (Å²) in [6, 6.07) is 13.3. The fraction of sp³-hybridized carbons (Fsp3) is 0.333. The van der Waals surface area contributed by atoms with Crippen LogP contribution in [0.5, 0.6) is 0 Å². The number of hydrogen-bond acceptors (Lipinski definition) is 1. The van der Waals surface area contributed by atoms with Crippen molar-refractivity contribution >= 4 is 11.6 Å². The smallest absolute Gasteiger partial charge is 0.124 e. The van der Waals surface area contributed by atoms with Crippen molar-refractivity contribution in [1.29, 1.82) is 0 Å². The Morgan fingerprint density at radius 3 is 2.67 bits per heavy atom. The molecule has 0 aliphatic heterocycles. The third kappa shape index (κ3) is 4.55. The van der Waals surface area contributed by atoms with Gasteiger partial charge in [0.15, 0.2) is 0 Å². The van der Waals surface area contributed by atoms with E-state index in [1.165, 1.54) is 23.3 Å². The molecule has 3 heteroatoms. The fourth-order valence-electron chi connectivity index (χ4n) is 2.42. The van der Waals surface area contributed by atoms with Crippen LogP contribution in [0.4, 0.5) is 4.39 Å². The predicted octanol–water partition coefficient (Wildman–Crippen LogP) is 5.07. The zero-order valence-corrected chi connectivity index (χ0v) is 13.3. The van der Waals surface area contributed by atoms with Crippen LogP contribution in [0.15, 0.2) is 42.5 Å². The summed E-state index contributed by atoms with van der Waals surface area (Å²) >= 11 is 6.16. The molecule has 2 aromatic rings. The lowest BCUT2D eigenvalue weighted by atomic mass is 9.97. The molecule has 0 fully saturated rings. The van der Waals surface area contributed by atoms with Gasteiger partial charge in [-0.3, -0.25) is 0 Å². The molecule has 0 saturated heterocycles. The molecule has 0 heterocycles. The summed E-state index contributed by atoms with van der Waals surface area (Å²) in [6.45, 7) is 5.17. The van der Waals surface area contributed by atoms with Gasteiger partial charge < -0.3 is 5.32 Å². The number of hydrogen-bond donors (Lipinski definition) is 1. The van der Waals surface area contributed by atoms with Gasteiger partial charge >= 0.3 is 0 Å². The molecule has 0 radical (unpaired) electrons. The van der Waals surface area contributed by atoms with E-state index >= 15 is 0 Å². The maximum atomic E-state index is 13.2. The van der Waals surface area contributed by atoms with Crippen molar-refractivity contribution in [3.05, 3.63) is 70.0 Å². The third-order valence-electron chi connectivity index (χ3n) is 3.52. The van der Waals surface area contributed by atoms with Gasteiger partial charge in [0.1, 0.15) is 5.82 Å². The quantitative estimate of drug-likeness (QED) is 0.785. The van der Waals surface area contributed by atoms with Gasteiger partial charge in [-0.05, 0) is 49.6 Å². The van der Waals surface area contributed by atoms with Gasteiger partial charge in [0.25, 0.3) is 0 Å². The van der Waals surface area contributed by atoms with Gasteiger partial charge in [-0.1, -0.05) is 54.4 Å². The number of benzene rings is 2. The highest BCUT2D eigenvalue weighted by Gasteiger charge is 2.14. The van der Waals surface area contributed by atoms with E-state index < -0.39 is 0 Å². The third-order valence-corrected chi connectivity index (χ3v) is 3.88. The summed E-state index contributed by atoms with van der Waals surface area (Å²) < 4.78 is 13.2. The highest BCUT2D eigenvalue weighted by atomic mass is 35.5. The first kappa shape index (κ1) is 16.0. The van der Waals surface area contributed by atoms with Crippen LogP contribution in [0.3, 0.4) is 0 Å². The molecule has 0 bridgehead atoms. The molecule has 1 unspecified atom stereocenters. The van der Waals surface area contributed by atoms with Gasteiger partial charge in [-0.15, -0.1) is 0 Å². The molecule has 0 saturated carbocycles. The average Bonchev–Trinajstić information content (AvgIpc) is 2.45. The lowest BCUT2D eigenvalue weighted by Crippen LogP contribution is -2.24. The number of halogens is 2. The van der Waals surface area contributed by atoms with Crippen molar-refractivity contribution < 1.29 is 4.39 Å². The van der Waals surface area contributed by atoms with Crippen molar-refractivity contribution in [1.82, 2.24) is 5.32 Å². The van der Waals surface area contributed by atoms with Gasteiger partial charge in [-0.2, -0.15) is 0 Å². The highest BCUT2D eigenvalue weighted by Crippen LogP contribution is 2.25. The molecule has 0 spiro atoms. The summed E-state index contributed by atoms with van der Waals surface area (Å²) in [4.78, 5) is 0. The van der Waals surface area contributed by atoms with Crippen LogP contribution >= 0.6 is 11.6 Å². The van der Waals surface area contributed by atoms with Gasteiger partial charge in [0.05, 0.1) is 0 Å². The Morgan fingerprint density at radius 2 is 2.00 bits per heavy atom. The molecular weight excluding hydrogens is 285 g/mol. The summed E-state index contributed by atoms with van der Waals surface area (Å²) in [5, 5.41) is 4.04. The van der Waals surface area contributed by atoms with Crippen molar-refractivity contribution in [2.75, 3.05) is 6.54 Å². The van der Waals surface area contributed by atoms with Crippen molar-refractivity contribution in [2.24, 2.45) is 0 Å². The van der Waals surface area contributed by atoms with E-state index in [0.717, 1.165) is 24.9 Å². The predicted molar refractivity (Wildman–Crippen MR) is 87.3 cm³/mol. The van der Waals surface area contributed by atoms with Crippen LogP contribution in [-0.2, 0) is 6.42 Å². The average molecular weight is 306 g/mol. The standard InChI is InChI=1S/C18H21ClFN/c1-3-9-21-18(15-6-4-5-13(2)10-15)11-14-7-8-16(20)12-17(14)19/h4-8,10,12,18,21H,3,9,11H2,1-2H3. The Morgan fingerprint density at radius 1 is 1.19 bits per heavy atom. The summed E-state index contributed by atoms with van der Waals surface area (Å²) in [7, 11) is 0. The maximum Gasteiger partial charge on any atom is 0.124 e. The Labute approximate surface area is 131 Å². The lowest BCUT2D eigenvalue weighted by Gasteiger charge is -2.20. The second kappa shape index (κ2) is 7.58. The SMILES string of the molecule is CCCNC(Cc1ccc(F)cc1Cl)c1cccc(C)c1. The van der Waals surface area contributed by atoms with E-state index in [4.69, 9.17) is 11.6 Å². The Bertz CT molecular complexity index is 598. The number of nitrogens with one attached hydrogen (secondary N) is 1. The monoisotopic (exact) mass is 305 g/mol. The molecule has 1 N–H and O–H groups in total. The van der Waals surface area contributed by atoms with E-state index in [-0.39, 0.29) is 11.9 Å². The molecule has 1 atom stereocenters. The Balaban J connectivity index is 2.23. The zero-order valence-electron chi connectivity index (χ0n) is 12.5. The van der Waals surface area contributed by atoms with Crippen molar-refractivity contribution in [3.8, 4) is 0 Å². The Kier molecular flexibility index (Phi) is 5.77. The van der Waals surface area contributed by atoms with E-state index in [0.29, 0.717) is 5.02 Å². The van der Waals surface area contributed by atoms with Gasteiger partial charge in [0.2, 0.25) is 0 Å². The molecule has 2 aromatic carbocycles. The van der Waals surface area contributed by atoms with Crippen LogP contribution < -0.4 is 5.32 Å². The van der Waals surface area contributed by atoms with Crippen molar-refractivity contribution in [2.45, 2.75) is 32.7 Å². The molecule has 0 aliphatic carbocycles. The molecule has 2 rings (SSSR count). The molecule has 0 aliphatic rings. The molecule has 1 nitrogen and oxygen atoms in total. The highest BCUT2D eigenvalue weighted by molar-refractivity contribution is 6.31. The minimum Gasteiger partial charge on any atom is -0.310 e. The first-order valence-electron chi connectivity index (χ1n) is 7.34. The van der Waals surface area contributed by atoms with E-state index in [2.05, 4.69) is 43.4 Å². The van der Waals surface area contributed by atoms with E-state index in [9.17, 15) is 4.39 Å². The number of rotatable bonds is 6. The fourth-order valence-corrected chi connectivity index (χ4v) is 2.66. The van der Waals surface area contributed by atoms with Gasteiger partial charge in [0, 0.05) is 11.1 Å². The van der Waals surface area contributed by atoms with E-state index in [1.807, 2.05) is 0 Å². The number of aryl methyl sites for hydroxylation is 1. The Hall–Kier alpha value is -1.38. The molecule has 0 amide bonds. The minimum absolute atomic E-state index is 0.188. The normalized spacial score (nSPS) is 12.4. The van der Waals surface area contributed by atoms with Crippen molar-refractivity contribution in [3.63, 3.8) is 0 Å². The summed E-state index contributed by atoms with van der Waals surface area (Å²) in [6.07, 6.45) is 1.82. The van der Waals surface area contributed by atoms with Crippen LogP contribution in [0.1, 0.15) is 36.1 Å². The molecule has 21 heavy (non-hydrogen) atoms. The van der Waals surface area contributed by atoms with Crippen LogP contribution in [-0.4, -0.2) is 6.54 Å². The zero-order chi connectivity index (χ0) is 15.2. The van der Waals surface area contributed by atoms with E-state index in [1.54, 1.807) is 6.07 Å². The minimum atomic E-state index is -0.294. The summed E-state index contributed by atoms with van der Waals surface area (Å²) in [5.41, 5.74) is 3.44.